The molecule has 1 N–H and O–H groups in total. The average Bonchev–Trinajstić information content (AvgIpc) is 2.74. The second-order valence-corrected chi connectivity index (χ2v) is 8.97. The Morgan fingerprint density at radius 2 is 1.72 bits per heavy atom. The van der Waals surface area contributed by atoms with Gasteiger partial charge in [0.05, 0.1) is 23.9 Å². The molecule has 10 heteroatoms. The van der Waals surface area contributed by atoms with Crippen molar-refractivity contribution in [2.75, 3.05) is 7.11 Å². The Bertz CT molecular complexity index is 1280. The number of methoxy groups -OCH3 is 1. The van der Waals surface area contributed by atoms with Gasteiger partial charge in [-0.2, -0.15) is 13.5 Å². The molecule has 7 nitrogen and oxygen atoms in total. The number of amides is 1. The predicted molar refractivity (Wildman–Crippen MR) is 124 cm³/mol. The van der Waals surface area contributed by atoms with E-state index in [4.69, 9.17) is 32.1 Å². The molecule has 3 aromatic carbocycles. The number of nitrogens with one attached hydrogen (secondary N) is 1. The van der Waals surface area contributed by atoms with Gasteiger partial charge in [-0.3, -0.25) is 4.79 Å². The van der Waals surface area contributed by atoms with Gasteiger partial charge >= 0.3 is 10.1 Å². The van der Waals surface area contributed by atoms with Crippen LogP contribution in [0.3, 0.4) is 0 Å². The Hall–Kier alpha value is -3.07. The van der Waals surface area contributed by atoms with E-state index in [9.17, 15) is 13.2 Å². The minimum absolute atomic E-state index is 0.0159. The zero-order valence-electron chi connectivity index (χ0n) is 17.0. The summed E-state index contributed by atoms with van der Waals surface area (Å²) >= 11 is 11.8. The van der Waals surface area contributed by atoms with E-state index in [1.165, 1.54) is 49.7 Å². The molecule has 0 radical (unpaired) electrons. The standard InChI is InChI=1S/C22H18Cl2N2O5S/c1-14-3-7-17(8-4-14)32(28,29)31-20-10-5-15(11-21(20)30-2)13-25-26-22(27)18-9-6-16(23)12-19(18)24/h3-13H,1-2H3,(H,26,27)/b25-13-. The fourth-order valence-corrected chi connectivity index (χ4v) is 4.04. The second kappa shape index (κ2) is 10.0. The molecule has 3 rings (SSSR count). The molecule has 0 aliphatic carbocycles. The molecule has 0 saturated carbocycles. The Labute approximate surface area is 195 Å². The first-order valence-corrected chi connectivity index (χ1v) is 11.3. The van der Waals surface area contributed by atoms with Crippen molar-refractivity contribution in [3.63, 3.8) is 0 Å². The van der Waals surface area contributed by atoms with E-state index in [1.807, 2.05) is 6.92 Å². The van der Waals surface area contributed by atoms with Gasteiger partial charge in [0.2, 0.25) is 0 Å². The molecule has 0 spiro atoms. The van der Waals surface area contributed by atoms with Crippen LogP contribution >= 0.6 is 23.2 Å². The lowest BCUT2D eigenvalue weighted by Gasteiger charge is -2.11. The topological polar surface area (TPSA) is 94.1 Å². The maximum absolute atomic E-state index is 12.5. The third kappa shape index (κ3) is 5.79. The highest BCUT2D eigenvalue weighted by Crippen LogP contribution is 2.30. The highest BCUT2D eigenvalue weighted by molar-refractivity contribution is 7.87. The number of carbonyl (C=O) groups excluding carboxylic acids is 1. The third-order valence-corrected chi connectivity index (χ3v) is 6.05. The van der Waals surface area contributed by atoms with E-state index in [-0.39, 0.29) is 27.0 Å². The van der Waals surface area contributed by atoms with Gasteiger partial charge in [0.25, 0.3) is 5.91 Å². The smallest absolute Gasteiger partial charge is 0.339 e. The number of aryl methyl sites for hydroxylation is 1. The number of nitrogens with zero attached hydrogens (tertiary/aromatic N) is 1. The third-order valence-electron chi connectivity index (χ3n) is 4.25. The lowest BCUT2D eigenvalue weighted by Crippen LogP contribution is -2.18. The predicted octanol–water partition coefficient (Wildman–Crippen LogP) is 4.84. The van der Waals surface area contributed by atoms with Crippen LogP contribution in [0.2, 0.25) is 10.0 Å². The normalized spacial score (nSPS) is 11.4. The fourth-order valence-electron chi connectivity index (χ4n) is 2.60. The molecule has 0 aliphatic rings. The van der Waals surface area contributed by atoms with Crippen molar-refractivity contribution in [3.8, 4) is 11.5 Å². The maximum Gasteiger partial charge on any atom is 0.339 e. The Morgan fingerprint density at radius 1 is 1.00 bits per heavy atom. The first-order chi connectivity index (χ1) is 15.2. The van der Waals surface area contributed by atoms with Crippen LogP contribution in [0.1, 0.15) is 21.5 Å². The van der Waals surface area contributed by atoms with Gasteiger partial charge in [-0.1, -0.05) is 40.9 Å². The summed E-state index contributed by atoms with van der Waals surface area (Å²) in [7, 11) is -2.65. The summed E-state index contributed by atoms with van der Waals surface area (Å²) in [4.78, 5) is 12.2. The first kappa shape index (κ1) is 23.6. The molecule has 0 bridgehead atoms. The van der Waals surface area contributed by atoms with Crippen molar-refractivity contribution < 1.29 is 22.1 Å². The Balaban J connectivity index is 1.73. The van der Waals surface area contributed by atoms with Gasteiger partial charge in [0, 0.05) is 5.02 Å². The van der Waals surface area contributed by atoms with Crippen molar-refractivity contribution in [2.24, 2.45) is 5.10 Å². The number of benzene rings is 3. The Morgan fingerprint density at radius 3 is 2.38 bits per heavy atom. The summed E-state index contributed by atoms with van der Waals surface area (Å²) in [6, 6.07) is 15.3. The minimum Gasteiger partial charge on any atom is -0.493 e. The molecule has 0 saturated heterocycles. The van der Waals surface area contributed by atoms with Gasteiger partial charge in [-0.25, -0.2) is 5.43 Å². The summed E-state index contributed by atoms with van der Waals surface area (Å²) < 4.78 is 35.5. The van der Waals surface area contributed by atoms with E-state index in [2.05, 4.69) is 10.5 Å². The van der Waals surface area contributed by atoms with Crippen molar-refractivity contribution in [1.82, 2.24) is 5.43 Å². The number of halogens is 2. The quantitative estimate of drug-likeness (QED) is 0.289. The number of hydrogen-bond acceptors (Lipinski definition) is 6. The van der Waals surface area contributed by atoms with Crippen LogP contribution in [0.5, 0.6) is 11.5 Å². The number of rotatable bonds is 7. The molecule has 0 aromatic heterocycles. The van der Waals surface area contributed by atoms with E-state index in [0.717, 1.165) is 5.56 Å². The molecule has 0 atom stereocenters. The fraction of sp³-hybridized carbons (Fsp3) is 0.0909. The lowest BCUT2D eigenvalue weighted by molar-refractivity contribution is 0.0955. The lowest BCUT2D eigenvalue weighted by atomic mass is 10.2. The van der Waals surface area contributed by atoms with E-state index in [0.29, 0.717) is 10.6 Å². The van der Waals surface area contributed by atoms with Crippen LogP contribution in [0.25, 0.3) is 0 Å². The maximum atomic E-state index is 12.5. The first-order valence-electron chi connectivity index (χ1n) is 9.17. The zero-order valence-corrected chi connectivity index (χ0v) is 19.3. The zero-order chi connectivity index (χ0) is 23.3. The molecule has 3 aromatic rings. The molecular weight excluding hydrogens is 475 g/mol. The van der Waals surface area contributed by atoms with Crippen LogP contribution in [-0.4, -0.2) is 27.6 Å². The molecule has 1 amide bonds. The highest BCUT2D eigenvalue weighted by Gasteiger charge is 2.19. The van der Waals surface area contributed by atoms with Gasteiger partial charge in [-0.15, -0.1) is 0 Å². The van der Waals surface area contributed by atoms with Gasteiger partial charge in [0.1, 0.15) is 4.90 Å². The summed E-state index contributed by atoms with van der Waals surface area (Å²) in [6.45, 7) is 1.85. The number of carbonyl (C=O) groups is 1. The number of hydrogen-bond donors (Lipinski definition) is 1. The molecule has 32 heavy (non-hydrogen) atoms. The van der Waals surface area contributed by atoms with Crippen LogP contribution in [0.4, 0.5) is 0 Å². The van der Waals surface area contributed by atoms with Crippen LogP contribution in [-0.2, 0) is 10.1 Å². The monoisotopic (exact) mass is 492 g/mol. The van der Waals surface area contributed by atoms with E-state index >= 15 is 0 Å². The molecule has 0 unspecified atom stereocenters. The van der Waals surface area contributed by atoms with Crippen LogP contribution < -0.4 is 14.3 Å². The molecule has 0 aliphatic heterocycles. The SMILES string of the molecule is COc1cc(/C=N\NC(=O)c2ccc(Cl)cc2Cl)ccc1OS(=O)(=O)c1ccc(C)cc1. The molecule has 0 fully saturated rings. The summed E-state index contributed by atoms with van der Waals surface area (Å²) in [5.41, 5.74) is 4.04. The minimum atomic E-state index is -4.03. The highest BCUT2D eigenvalue weighted by atomic mass is 35.5. The summed E-state index contributed by atoms with van der Waals surface area (Å²) in [5, 5.41) is 4.49. The van der Waals surface area contributed by atoms with Crippen molar-refractivity contribution in [1.29, 1.82) is 0 Å². The molecular formula is C22H18Cl2N2O5S. The summed E-state index contributed by atoms with van der Waals surface area (Å²) in [5.74, 6) is -0.321. The number of ether oxygens (including phenoxy) is 1. The second-order valence-electron chi connectivity index (χ2n) is 6.58. The van der Waals surface area contributed by atoms with Crippen molar-refractivity contribution >= 4 is 45.4 Å². The van der Waals surface area contributed by atoms with Crippen LogP contribution in [0, 0.1) is 6.92 Å². The van der Waals surface area contributed by atoms with Gasteiger partial charge < -0.3 is 8.92 Å². The van der Waals surface area contributed by atoms with Crippen molar-refractivity contribution in [2.45, 2.75) is 11.8 Å². The Kier molecular flexibility index (Phi) is 7.40. The van der Waals surface area contributed by atoms with Crippen LogP contribution in [0.15, 0.2) is 70.7 Å². The van der Waals surface area contributed by atoms with E-state index < -0.39 is 16.0 Å². The molecule has 0 heterocycles. The summed E-state index contributed by atoms with van der Waals surface area (Å²) in [6.07, 6.45) is 1.36. The average molecular weight is 493 g/mol. The van der Waals surface area contributed by atoms with Gasteiger partial charge in [0.15, 0.2) is 11.5 Å². The number of hydrazone groups is 1. The van der Waals surface area contributed by atoms with Gasteiger partial charge in [-0.05, 0) is 61.0 Å². The largest absolute Gasteiger partial charge is 0.493 e. The molecule has 166 valence electrons. The van der Waals surface area contributed by atoms with E-state index in [1.54, 1.807) is 24.3 Å². The van der Waals surface area contributed by atoms with Crippen molar-refractivity contribution in [3.05, 3.63) is 87.4 Å².